The normalized spacial score (nSPS) is 17.4. The average molecular weight is 760 g/mol. The summed E-state index contributed by atoms with van der Waals surface area (Å²) in [5.74, 6) is -2.41. The largest absolute Gasteiger partial charge is 0.492 e. The third-order valence-electron chi connectivity index (χ3n) is 8.62. The van der Waals surface area contributed by atoms with Crippen LogP contribution in [0.3, 0.4) is 0 Å². The molecule has 4 unspecified atom stereocenters. The molecule has 1 aromatic heterocycles. The number of nitrogens with one attached hydrogen (secondary N) is 5. The van der Waals surface area contributed by atoms with Crippen molar-refractivity contribution < 1.29 is 33.4 Å². The van der Waals surface area contributed by atoms with Crippen LogP contribution in [0.5, 0.6) is 11.5 Å². The van der Waals surface area contributed by atoms with Gasteiger partial charge in [0.15, 0.2) is 0 Å². The molecule has 2 heterocycles. The standard InChI is InChI=1S/C37H49N11O7/c1-21(41)17-44-35(51)29-15-23-4-6-30(54-12-10-39)26(14-23)27-16-24(5-7-31(27)55-13-11-40)32(36(52)45-22(2)33(49)47-29)48(3)37(53)28(8-9-38)46-34(50)25-18-42-20-43-19-25/h4-7,14,16,18-20,22,28-29,32,41H,8-13,15,17,38-40H2,1-3H3,(H,44,51)(H,45,52)(H,46,50)(H,47,49). The number of nitrogens with two attached hydrogens (primary N) is 3. The van der Waals surface area contributed by atoms with Gasteiger partial charge in [-0.25, -0.2) is 9.97 Å². The molecule has 0 saturated heterocycles. The summed E-state index contributed by atoms with van der Waals surface area (Å²) in [5.41, 5.74) is 19.7. The number of carbonyl (C=O) groups excluding carboxylic acids is 5. The molecule has 3 aromatic rings. The Hall–Kier alpha value is -5.98. The van der Waals surface area contributed by atoms with Crippen molar-refractivity contribution in [1.29, 1.82) is 5.41 Å². The first-order valence-electron chi connectivity index (χ1n) is 17.8. The number of hydrogen-bond acceptors (Lipinski definition) is 13. The van der Waals surface area contributed by atoms with E-state index in [0.29, 0.717) is 33.8 Å². The molecule has 11 N–H and O–H groups in total. The van der Waals surface area contributed by atoms with Gasteiger partial charge in [0.05, 0.1) is 12.1 Å². The zero-order chi connectivity index (χ0) is 40.1. The Labute approximate surface area is 318 Å². The molecular weight excluding hydrogens is 710 g/mol. The fourth-order valence-electron chi connectivity index (χ4n) is 5.88. The van der Waals surface area contributed by atoms with Crippen molar-refractivity contribution >= 4 is 35.2 Å². The van der Waals surface area contributed by atoms with E-state index in [1.165, 1.54) is 44.5 Å². The van der Waals surface area contributed by atoms with E-state index in [1.54, 1.807) is 36.4 Å². The summed E-state index contributed by atoms with van der Waals surface area (Å²) in [6, 6.07) is 5.40. The van der Waals surface area contributed by atoms with Gasteiger partial charge in [-0.3, -0.25) is 24.0 Å². The number of ether oxygens (including phenoxy) is 2. The minimum Gasteiger partial charge on any atom is -0.492 e. The monoisotopic (exact) mass is 759 g/mol. The molecule has 294 valence electrons. The Morgan fingerprint density at radius 3 is 2.20 bits per heavy atom. The smallest absolute Gasteiger partial charge is 0.255 e. The SMILES string of the molecule is CC(=N)CNC(=O)C1Cc2ccc(OCCN)c(c2)-c2cc(ccc2OCCN)C(N(C)C(=O)C(CCN)NC(=O)c2cncnc2)C(=O)NC(C)C(=O)N1. The summed E-state index contributed by atoms with van der Waals surface area (Å²) >= 11 is 0. The third-order valence-corrected chi connectivity index (χ3v) is 8.62. The van der Waals surface area contributed by atoms with Gasteiger partial charge in [0.25, 0.3) is 5.91 Å². The molecule has 4 bridgehead atoms. The zero-order valence-corrected chi connectivity index (χ0v) is 31.1. The minimum atomic E-state index is -1.36. The first kappa shape index (κ1) is 41.8. The van der Waals surface area contributed by atoms with Crippen molar-refractivity contribution in [2.24, 2.45) is 17.2 Å². The number of amides is 5. The van der Waals surface area contributed by atoms with Gasteiger partial charge in [0, 0.05) is 55.8 Å². The second-order valence-corrected chi connectivity index (χ2v) is 12.9. The number of carbonyl (C=O) groups is 5. The second kappa shape index (κ2) is 19.9. The predicted octanol–water partition coefficient (Wildman–Crippen LogP) is -0.833. The molecule has 5 amide bonds. The van der Waals surface area contributed by atoms with Crippen LogP contribution in [-0.2, 0) is 25.6 Å². The van der Waals surface area contributed by atoms with Crippen LogP contribution in [-0.4, -0.2) is 115 Å². The van der Waals surface area contributed by atoms with E-state index in [0.717, 1.165) is 0 Å². The summed E-state index contributed by atoms with van der Waals surface area (Å²) < 4.78 is 12.1. The quantitative estimate of drug-likeness (QED) is 0.0882. The molecule has 4 atom stereocenters. The number of fused-ring (bicyclic) bond motifs is 5. The summed E-state index contributed by atoms with van der Waals surface area (Å²) in [6.07, 6.45) is 3.93. The van der Waals surface area contributed by atoms with Gasteiger partial charge in [-0.1, -0.05) is 12.1 Å². The Bertz CT molecular complexity index is 1860. The number of hydrogen-bond donors (Lipinski definition) is 8. The highest BCUT2D eigenvalue weighted by Gasteiger charge is 2.36. The minimum absolute atomic E-state index is 0.0251. The van der Waals surface area contributed by atoms with Crippen LogP contribution < -0.4 is 47.9 Å². The molecule has 4 rings (SSSR count). The van der Waals surface area contributed by atoms with Crippen LogP contribution in [0.1, 0.15) is 47.8 Å². The zero-order valence-electron chi connectivity index (χ0n) is 31.1. The van der Waals surface area contributed by atoms with Gasteiger partial charge in [-0.15, -0.1) is 0 Å². The molecule has 0 aliphatic carbocycles. The highest BCUT2D eigenvalue weighted by molar-refractivity contribution is 5.99. The third kappa shape index (κ3) is 11.0. The summed E-state index contributed by atoms with van der Waals surface area (Å²) in [5, 5.41) is 18.5. The lowest BCUT2D eigenvalue weighted by atomic mass is 9.93. The summed E-state index contributed by atoms with van der Waals surface area (Å²) in [4.78, 5) is 77.6. The first-order valence-corrected chi connectivity index (χ1v) is 17.8. The molecule has 18 nitrogen and oxygen atoms in total. The molecule has 0 radical (unpaired) electrons. The van der Waals surface area contributed by atoms with Crippen molar-refractivity contribution in [3.05, 3.63) is 71.8 Å². The molecule has 0 fully saturated rings. The summed E-state index contributed by atoms with van der Waals surface area (Å²) in [6.45, 7) is 3.71. The van der Waals surface area contributed by atoms with Gasteiger partial charge in [0.2, 0.25) is 23.6 Å². The lowest BCUT2D eigenvalue weighted by Gasteiger charge is -2.32. The van der Waals surface area contributed by atoms with Gasteiger partial charge < -0.3 is 58.3 Å². The molecule has 0 spiro atoms. The number of likely N-dealkylation sites (N-methyl/N-ethyl adjacent to an activating group) is 1. The maximum Gasteiger partial charge on any atom is 0.255 e. The Morgan fingerprint density at radius 1 is 0.945 bits per heavy atom. The topological polar surface area (TPSA) is 283 Å². The lowest BCUT2D eigenvalue weighted by molar-refractivity contribution is -0.141. The number of nitrogens with zero attached hydrogens (tertiary/aromatic N) is 3. The molecule has 0 saturated carbocycles. The molecule has 2 aromatic carbocycles. The number of aromatic nitrogens is 2. The van der Waals surface area contributed by atoms with Crippen LogP contribution in [0.4, 0.5) is 0 Å². The predicted molar refractivity (Wildman–Crippen MR) is 203 cm³/mol. The number of rotatable bonds is 15. The second-order valence-electron chi connectivity index (χ2n) is 12.9. The summed E-state index contributed by atoms with van der Waals surface area (Å²) in [7, 11) is 1.41. The van der Waals surface area contributed by atoms with Gasteiger partial charge in [0.1, 0.15) is 55.2 Å². The van der Waals surface area contributed by atoms with E-state index < -0.39 is 53.7 Å². The van der Waals surface area contributed by atoms with Crippen molar-refractivity contribution in [3.63, 3.8) is 0 Å². The van der Waals surface area contributed by atoms with Crippen molar-refractivity contribution in [2.45, 2.75) is 50.9 Å². The van der Waals surface area contributed by atoms with E-state index in [4.69, 9.17) is 32.1 Å². The van der Waals surface area contributed by atoms with Crippen LogP contribution in [0, 0.1) is 5.41 Å². The van der Waals surface area contributed by atoms with E-state index in [-0.39, 0.29) is 63.5 Å². The lowest BCUT2D eigenvalue weighted by Crippen LogP contribution is -2.56. The van der Waals surface area contributed by atoms with Gasteiger partial charge in [-0.05, 0) is 62.2 Å². The Morgan fingerprint density at radius 2 is 1.58 bits per heavy atom. The number of benzene rings is 2. The molecular formula is C37H49N11O7. The van der Waals surface area contributed by atoms with Gasteiger partial charge in [-0.2, -0.15) is 0 Å². The van der Waals surface area contributed by atoms with Crippen LogP contribution >= 0.6 is 0 Å². The molecule has 18 heteroatoms. The highest BCUT2D eigenvalue weighted by atomic mass is 16.5. The first-order chi connectivity index (χ1) is 26.4. The van der Waals surface area contributed by atoms with E-state index in [9.17, 15) is 24.0 Å². The molecule has 1 aliphatic rings. The Balaban J connectivity index is 1.88. The fourth-order valence-corrected chi connectivity index (χ4v) is 5.88. The maximum absolute atomic E-state index is 14.3. The van der Waals surface area contributed by atoms with Crippen molar-refractivity contribution in [1.82, 2.24) is 36.1 Å². The van der Waals surface area contributed by atoms with Crippen LogP contribution in [0.15, 0.2) is 55.1 Å². The maximum atomic E-state index is 14.3. The van der Waals surface area contributed by atoms with Crippen LogP contribution in [0.25, 0.3) is 11.1 Å². The van der Waals surface area contributed by atoms with E-state index >= 15 is 0 Å². The van der Waals surface area contributed by atoms with Crippen molar-refractivity contribution in [3.8, 4) is 22.6 Å². The molecule has 1 aliphatic heterocycles. The fraction of sp³-hybridized carbons (Fsp3) is 0.405. The van der Waals surface area contributed by atoms with E-state index in [1.807, 2.05) is 0 Å². The van der Waals surface area contributed by atoms with Gasteiger partial charge >= 0.3 is 0 Å². The van der Waals surface area contributed by atoms with Crippen molar-refractivity contribution in [2.75, 3.05) is 46.4 Å². The van der Waals surface area contributed by atoms with E-state index in [2.05, 4.69) is 31.2 Å². The highest BCUT2D eigenvalue weighted by Crippen LogP contribution is 2.40. The molecule has 55 heavy (non-hydrogen) atoms. The average Bonchev–Trinajstić information content (AvgIpc) is 3.17. The van der Waals surface area contributed by atoms with Crippen LogP contribution in [0.2, 0.25) is 0 Å². The Kier molecular flexibility index (Phi) is 15.1.